The number of nitrogens with zero attached hydrogens (tertiary/aromatic N) is 2. The second kappa shape index (κ2) is 12.8. The minimum Gasteiger partial charge on any atom is -0.357 e. The van der Waals surface area contributed by atoms with Crippen molar-refractivity contribution >= 4 is 41.7 Å². The molecule has 0 amide bonds. The Kier molecular flexibility index (Phi) is 11.6. The lowest BCUT2D eigenvalue weighted by Gasteiger charge is -2.29. The Morgan fingerprint density at radius 3 is 2.56 bits per heavy atom. The summed E-state index contributed by atoms with van der Waals surface area (Å²) in [6.45, 7) is 9.54. The lowest BCUT2D eigenvalue weighted by atomic mass is 9.97. The van der Waals surface area contributed by atoms with Gasteiger partial charge in [-0.3, -0.25) is 4.99 Å². The second-order valence-electron chi connectivity index (χ2n) is 6.59. The number of benzene rings is 1. The van der Waals surface area contributed by atoms with Crippen molar-refractivity contribution in [3.05, 3.63) is 30.3 Å². The van der Waals surface area contributed by atoms with Gasteiger partial charge in [-0.05, 0) is 58.0 Å². The highest BCUT2D eigenvalue weighted by atomic mass is 127. The number of aliphatic imine (C=N–C) groups is 1. The number of piperidine rings is 1. The molecular weight excluding hydrogens is 443 g/mol. The smallest absolute Gasteiger partial charge is 0.191 e. The van der Waals surface area contributed by atoms with E-state index in [1.165, 1.54) is 30.8 Å². The minimum absolute atomic E-state index is 0. The molecule has 2 N–H and O–H groups in total. The van der Waals surface area contributed by atoms with E-state index < -0.39 is 0 Å². The zero-order valence-corrected chi connectivity index (χ0v) is 18.8. The Hall–Kier alpha value is -0.470. The van der Waals surface area contributed by atoms with Crippen molar-refractivity contribution in [2.45, 2.75) is 36.8 Å². The predicted octanol–water partition coefficient (Wildman–Crippen LogP) is 3.68. The third-order valence-electron chi connectivity index (χ3n) is 4.33. The van der Waals surface area contributed by atoms with Gasteiger partial charge in [0, 0.05) is 23.2 Å². The van der Waals surface area contributed by atoms with Gasteiger partial charge < -0.3 is 15.5 Å². The quantitative estimate of drug-likeness (QED) is 0.273. The first-order valence-corrected chi connectivity index (χ1v) is 9.97. The van der Waals surface area contributed by atoms with Crippen LogP contribution in [0.3, 0.4) is 0 Å². The van der Waals surface area contributed by atoms with Crippen LogP contribution in [0.2, 0.25) is 0 Å². The lowest BCUT2D eigenvalue weighted by Crippen LogP contribution is -2.42. The average Bonchev–Trinajstić information content (AvgIpc) is 2.59. The van der Waals surface area contributed by atoms with Crippen LogP contribution in [-0.2, 0) is 0 Å². The first kappa shape index (κ1) is 22.6. The predicted molar refractivity (Wildman–Crippen MR) is 121 cm³/mol. The molecule has 1 heterocycles. The Balaban J connectivity index is 0.00000312. The molecular formula is C19H33IN4S. The van der Waals surface area contributed by atoms with Gasteiger partial charge in [0.15, 0.2) is 5.96 Å². The maximum Gasteiger partial charge on any atom is 0.191 e. The van der Waals surface area contributed by atoms with Crippen LogP contribution in [0.25, 0.3) is 0 Å². The van der Waals surface area contributed by atoms with Crippen LogP contribution in [0.15, 0.2) is 40.2 Å². The lowest BCUT2D eigenvalue weighted by molar-refractivity contribution is 0.220. The van der Waals surface area contributed by atoms with Crippen molar-refractivity contribution in [1.29, 1.82) is 0 Å². The molecule has 0 aliphatic carbocycles. The van der Waals surface area contributed by atoms with Crippen molar-refractivity contribution in [1.82, 2.24) is 15.5 Å². The van der Waals surface area contributed by atoms with E-state index in [4.69, 9.17) is 4.99 Å². The fourth-order valence-corrected chi connectivity index (χ4v) is 3.77. The number of rotatable bonds is 7. The number of halogens is 1. The van der Waals surface area contributed by atoms with Gasteiger partial charge in [0.05, 0.1) is 6.54 Å². The summed E-state index contributed by atoms with van der Waals surface area (Å²) in [5.74, 6) is 1.72. The topological polar surface area (TPSA) is 39.7 Å². The number of hydrogen-bond donors (Lipinski definition) is 2. The van der Waals surface area contributed by atoms with E-state index in [0.29, 0.717) is 5.25 Å². The molecule has 0 saturated carbocycles. The highest BCUT2D eigenvalue weighted by Gasteiger charge is 2.16. The van der Waals surface area contributed by atoms with E-state index in [0.717, 1.165) is 31.5 Å². The van der Waals surface area contributed by atoms with Gasteiger partial charge in [-0.2, -0.15) is 0 Å². The van der Waals surface area contributed by atoms with Gasteiger partial charge in [-0.25, -0.2) is 0 Å². The summed E-state index contributed by atoms with van der Waals surface area (Å²) in [7, 11) is 2.21. The number of thioether (sulfide) groups is 1. The molecule has 1 saturated heterocycles. The van der Waals surface area contributed by atoms with E-state index >= 15 is 0 Å². The highest BCUT2D eigenvalue weighted by molar-refractivity contribution is 14.0. The fourth-order valence-electron chi connectivity index (χ4n) is 2.84. The summed E-state index contributed by atoms with van der Waals surface area (Å²) in [5, 5.41) is 7.37. The zero-order chi connectivity index (χ0) is 17.2. The summed E-state index contributed by atoms with van der Waals surface area (Å²) in [5.41, 5.74) is 0. The summed E-state index contributed by atoms with van der Waals surface area (Å²) < 4.78 is 0. The van der Waals surface area contributed by atoms with E-state index in [9.17, 15) is 0 Å². The van der Waals surface area contributed by atoms with Gasteiger partial charge in [0.2, 0.25) is 0 Å². The van der Waals surface area contributed by atoms with Gasteiger partial charge in [-0.15, -0.1) is 35.7 Å². The van der Waals surface area contributed by atoms with Crippen LogP contribution < -0.4 is 10.6 Å². The third-order valence-corrected chi connectivity index (χ3v) is 5.42. The maximum absolute atomic E-state index is 4.77. The first-order chi connectivity index (χ1) is 11.7. The van der Waals surface area contributed by atoms with Crippen LogP contribution in [0, 0.1) is 5.92 Å². The molecule has 1 aromatic rings. The molecule has 1 unspecified atom stereocenters. The van der Waals surface area contributed by atoms with Crippen molar-refractivity contribution in [2.75, 3.05) is 39.8 Å². The molecule has 0 spiro atoms. The van der Waals surface area contributed by atoms with Crippen LogP contribution in [0.5, 0.6) is 0 Å². The maximum atomic E-state index is 4.77. The zero-order valence-electron chi connectivity index (χ0n) is 15.7. The van der Waals surface area contributed by atoms with Crippen molar-refractivity contribution in [2.24, 2.45) is 10.9 Å². The van der Waals surface area contributed by atoms with Crippen LogP contribution in [0.4, 0.5) is 0 Å². The average molecular weight is 476 g/mol. The van der Waals surface area contributed by atoms with E-state index in [1.54, 1.807) is 0 Å². The van der Waals surface area contributed by atoms with E-state index in [1.807, 2.05) is 11.8 Å². The largest absolute Gasteiger partial charge is 0.357 e. The molecule has 1 aliphatic heterocycles. The minimum atomic E-state index is 0. The molecule has 1 fully saturated rings. The molecule has 1 aromatic carbocycles. The number of guanidine groups is 1. The SMILES string of the molecule is CCNC(=NCC(C)Sc1ccccc1)NCC1CCN(C)CC1.I. The molecule has 0 aromatic heterocycles. The number of hydrogen-bond acceptors (Lipinski definition) is 3. The molecule has 0 bridgehead atoms. The normalized spacial score (nSPS) is 17.6. The Bertz CT molecular complexity index is 489. The molecule has 0 radical (unpaired) electrons. The van der Waals surface area contributed by atoms with E-state index in [2.05, 4.69) is 66.8 Å². The van der Waals surface area contributed by atoms with Crippen LogP contribution >= 0.6 is 35.7 Å². The van der Waals surface area contributed by atoms with Crippen molar-refractivity contribution < 1.29 is 0 Å². The Morgan fingerprint density at radius 2 is 1.92 bits per heavy atom. The highest BCUT2D eigenvalue weighted by Crippen LogP contribution is 2.22. The molecule has 6 heteroatoms. The fraction of sp³-hybridized carbons (Fsp3) is 0.632. The standard InChI is InChI=1S/C19H32N4S.HI/c1-4-20-19(22-15-17-10-12-23(3)13-11-17)21-14-16(2)24-18-8-6-5-7-9-18;/h5-9,16-17H,4,10-15H2,1-3H3,(H2,20,21,22);1H. The summed E-state index contributed by atoms with van der Waals surface area (Å²) in [6.07, 6.45) is 2.56. The van der Waals surface area contributed by atoms with Gasteiger partial charge >= 0.3 is 0 Å². The monoisotopic (exact) mass is 476 g/mol. The van der Waals surface area contributed by atoms with Gasteiger partial charge in [0.1, 0.15) is 0 Å². The summed E-state index contributed by atoms with van der Waals surface area (Å²) in [6, 6.07) is 10.6. The van der Waals surface area contributed by atoms with Crippen molar-refractivity contribution in [3.8, 4) is 0 Å². The Morgan fingerprint density at radius 1 is 1.24 bits per heavy atom. The molecule has 4 nitrogen and oxygen atoms in total. The summed E-state index contributed by atoms with van der Waals surface area (Å²) in [4.78, 5) is 8.50. The molecule has 25 heavy (non-hydrogen) atoms. The number of likely N-dealkylation sites (tertiary alicyclic amines) is 1. The number of nitrogens with one attached hydrogen (secondary N) is 2. The van der Waals surface area contributed by atoms with Crippen LogP contribution in [-0.4, -0.2) is 55.9 Å². The van der Waals surface area contributed by atoms with Crippen molar-refractivity contribution in [3.63, 3.8) is 0 Å². The molecule has 142 valence electrons. The van der Waals surface area contributed by atoms with Crippen LogP contribution in [0.1, 0.15) is 26.7 Å². The van der Waals surface area contributed by atoms with E-state index in [-0.39, 0.29) is 24.0 Å². The third kappa shape index (κ3) is 9.15. The Labute approximate surface area is 174 Å². The molecule has 2 rings (SSSR count). The van der Waals surface area contributed by atoms with Gasteiger partial charge in [0.25, 0.3) is 0 Å². The summed E-state index contributed by atoms with van der Waals surface area (Å²) >= 11 is 1.88. The first-order valence-electron chi connectivity index (χ1n) is 9.09. The molecule has 1 aliphatic rings. The van der Waals surface area contributed by atoms with Gasteiger partial charge in [-0.1, -0.05) is 25.1 Å². The molecule has 1 atom stereocenters. The second-order valence-corrected chi connectivity index (χ2v) is 8.10.